The Labute approximate surface area is 266 Å². The summed E-state index contributed by atoms with van der Waals surface area (Å²) in [6.07, 6.45) is 15.3. The minimum Gasteiger partial charge on any atom is -0.488 e. The third-order valence-corrected chi connectivity index (χ3v) is 8.10. The molecule has 0 amide bonds. The molecule has 2 atom stereocenters. The van der Waals surface area contributed by atoms with Crippen LogP contribution in [0.4, 0.5) is 8.78 Å². The van der Waals surface area contributed by atoms with Crippen molar-refractivity contribution in [1.82, 2.24) is 0 Å². The Hall–Kier alpha value is -3.52. The van der Waals surface area contributed by atoms with Gasteiger partial charge in [0.15, 0.2) is 17.4 Å². The molecule has 45 heavy (non-hydrogen) atoms. The van der Waals surface area contributed by atoms with Crippen molar-refractivity contribution >= 4 is 11.9 Å². The van der Waals surface area contributed by atoms with Gasteiger partial charge in [0.1, 0.15) is 0 Å². The number of hydrogen-bond donors (Lipinski definition) is 0. The Morgan fingerprint density at radius 1 is 0.733 bits per heavy atom. The van der Waals surface area contributed by atoms with Crippen molar-refractivity contribution in [3.63, 3.8) is 0 Å². The Morgan fingerprint density at radius 2 is 1.27 bits per heavy atom. The molecule has 2 aromatic carbocycles. The van der Waals surface area contributed by atoms with E-state index in [1.807, 2.05) is 24.3 Å². The summed E-state index contributed by atoms with van der Waals surface area (Å²) in [5.41, 5.74) is 2.26. The molecule has 2 aromatic rings. The molecular weight excluding hydrogens is 578 g/mol. The molecule has 1 saturated heterocycles. The molecule has 6 nitrogen and oxygen atoms in total. The van der Waals surface area contributed by atoms with E-state index in [2.05, 4.69) is 13.2 Å². The van der Waals surface area contributed by atoms with E-state index in [0.717, 1.165) is 68.8 Å². The summed E-state index contributed by atoms with van der Waals surface area (Å²) in [5.74, 6) is -2.01. The third kappa shape index (κ3) is 13.2. The van der Waals surface area contributed by atoms with Gasteiger partial charge in [0.25, 0.3) is 0 Å². The number of carbonyl (C=O) groups excluding carboxylic acids is 2. The maximum absolute atomic E-state index is 14.8. The molecule has 1 heterocycles. The van der Waals surface area contributed by atoms with E-state index in [4.69, 9.17) is 18.9 Å². The summed E-state index contributed by atoms with van der Waals surface area (Å²) in [4.78, 5) is 22.0. The third-order valence-electron chi connectivity index (χ3n) is 8.10. The number of unbranched alkanes of at least 4 members (excludes halogenated alkanes) is 8. The first kappa shape index (κ1) is 36.0. The maximum Gasteiger partial charge on any atom is 0.330 e. The molecule has 8 heteroatoms. The first-order valence-corrected chi connectivity index (χ1v) is 16.3. The Morgan fingerprint density at radius 3 is 1.80 bits per heavy atom. The molecule has 0 aliphatic carbocycles. The lowest BCUT2D eigenvalue weighted by Gasteiger charge is -2.29. The molecular formula is C37H48F2O6. The molecule has 2 unspecified atom stereocenters. The molecule has 246 valence electrons. The lowest BCUT2D eigenvalue weighted by atomic mass is 9.90. The summed E-state index contributed by atoms with van der Waals surface area (Å²) in [6, 6.07) is 10.4. The van der Waals surface area contributed by atoms with Gasteiger partial charge in [-0.25, -0.2) is 18.4 Å². The average molecular weight is 627 g/mol. The van der Waals surface area contributed by atoms with Gasteiger partial charge in [0.05, 0.1) is 32.5 Å². The van der Waals surface area contributed by atoms with E-state index in [1.165, 1.54) is 43.9 Å². The van der Waals surface area contributed by atoms with Crippen LogP contribution < -0.4 is 4.74 Å². The molecule has 0 N–H and O–H groups in total. The van der Waals surface area contributed by atoms with Crippen LogP contribution in [0.1, 0.15) is 95.1 Å². The Balaban J connectivity index is 1.32. The highest BCUT2D eigenvalue weighted by Gasteiger charge is 2.23. The zero-order valence-electron chi connectivity index (χ0n) is 26.4. The first-order chi connectivity index (χ1) is 21.9. The highest BCUT2D eigenvalue weighted by molar-refractivity contribution is 5.81. The summed E-state index contributed by atoms with van der Waals surface area (Å²) in [5, 5.41) is 0. The molecule has 1 aliphatic heterocycles. The average Bonchev–Trinajstić information content (AvgIpc) is 3.06. The van der Waals surface area contributed by atoms with Crippen LogP contribution >= 0.6 is 0 Å². The fraction of sp³-hybridized carbons (Fsp3) is 0.514. The van der Waals surface area contributed by atoms with Crippen LogP contribution in [0, 0.1) is 17.6 Å². The Kier molecular flexibility index (Phi) is 16.4. The second-order valence-corrected chi connectivity index (χ2v) is 11.6. The van der Waals surface area contributed by atoms with Gasteiger partial charge in [-0.1, -0.05) is 69.5 Å². The molecule has 1 aliphatic rings. The fourth-order valence-electron chi connectivity index (χ4n) is 5.49. The number of ether oxygens (including phenoxy) is 4. The van der Waals surface area contributed by atoms with Crippen molar-refractivity contribution in [2.75, 3.05) is 26.4 Å². The predicted molar refractivity (Wildman–Crippen MR) is 172 cm³/mol. The number of hydrogen-bond acceptors (Lipinski definition) is 6. The second-order valence-electron chi connectivity index (χ2n) is 11.6. The predicted octanol–water partition coefficient (Wildman–Crippen LogP) is 9.23. The van der Waals surface area contributed by atoms with Crippen LogP contribution in [0.5, 0.6) is 5.75 Å². The standard InChI is InChI=1S/C37H48F2O6/c1-3-35(40)42-22-12-8-6-5-7-11-15-28-16-21-34(45-27-28)30-19-17-29(18-20-30)31-25-32(38)37(33(39)26-31)44-24-14-10-9-13-23-43-36(41)4-2/h3-4,17-20,25-26,28,34H,1-2,5-16,21-24,27H2. The minimum absolute atomic E-state index is 0.0388. The minimum atomic E-state index is -0.724. The van der Waals surface area contributed by atoms with Crippen molar-refractivity contribution in [3.05, 3.63) is 78.9 Å². The van der Waals surface area contributed by atoms with Gasteiger partial charge in [-0.2, -0.15) is 0 Å². The SMILES string of the molecule is C=CC(=O)OCCCCCCCCC1CCC(c2ccc(-c3cc(F)c(OCCCCCCOC(=O)C=C)c(F)c3)cc2)OC1. The lowest BCUT2D eigenvalue weighted by molar-refractivity contribution is -0.138. The van der Waals surface area contributed by atoms with Crippen LogP contribution in [-0.4, -0.2) is 38.4 Å². The van der Waals surface area contributed by atoms with Crippen LogP contribution in [-0.2, 0) is 23.8 Å². The van der Waals surface area contributed by atoms with Crippen LogP contribution in [0.2, 0.25) is 0 Å². The van der Waals surface area contributed by atoms with Crippen molar-refractivity contribution in [2.24, 2.45) is 5.92 Å². The molecule has 1 fully saturated rings. The summed E-state index contributed by atoms with van der Waals surface area (Å²) in [7, 11) is 0. The maximum atomic E-state index is 14.8. The number of carbonyl (C=O) groups is 2. The van der Waals surface area contributed by atoms with Gasteiger partial charge in [-0.3, -0.25) is 0 Å². The highest BCUT2D eigenvalue weighted by atomic mass is 19.1. The van der Waals surface area contributed by atoms with E-state index in [9.17, 15) is 18.4 Å². The molecule has 0 saturated carbocycles. The van der Waals surface area contributed by atoms with Crippen LogP contribution in [0.25, 0.3) is 11.1 Å². The summed E-state index contributed by atoms with van der Waals surface area (Å²) < 4.78 is 51.0. The normalized spacial score (nSPS) is 16.1. The van der Waals surface area contributed by atoms with Gasteiger partial charge in [-0.15, -0.1) is 0 Å². The fourth-order valence-corrected chi connectivity index (χ4v) is 5.49. The van der Waals surface area contributed by atoms with Crippen molar-refractivity contribution in [1.29, 1.82) is 0 Å². The molecule has 0 spiro atoms. The zero-order valence-corrected chi connectivity index (χ0v) is 26.4. The van der Waals surface area contributed by atoms with Crippen LogP contribution in [0.3, 0.4) is 0 Å². The molecule has 3 rings (SSSR count). The quantitative estimate of drug-likeness (QED) is 0.0782. The molecule has 0 radical (unpaired) electrons. The van der Waals surface area contributed by atoms with Gasteiger partial charge in [0, 0.05) is 12.2 Å². The van der Waals surface area contributed by atoms with E-state index < -0.39 is 17.6 Å². The first-order valence-electron chi connectivity index (χ1n) is 16.3. The van der Waals surface area contributed by atoms with E-state index in [0.29, 0.717) is 37.5 Å². The zero-order chi connectivity index (χ0) is 32.3. The Bertz CT molecular complexity index is 1180. The largest absolute Gasteiger partial charge is 0.488 e. The van der Waals surface area contributed by atoms with Crippen molar-refractivity contribution < 1.29 is 37.3 Å². The van der Waals surface area contributed by atoms with Gasteiger partial charge in [-0.05, 0) is 86.1 Å². The topological polar surface area (TPSA) is 71.1 Å². The monoisotopic (exact) mass is 626 g/mol. The number of rotatable bonds is 21. The van der Waals surface area contributed by atoms with Gasteiger partial charge < -0.3 is 18.9 Å². The molecule has 0 aromatic heterocycles. The highest BCUT2D eigenvalue weighted by Crippen LogP contribution is 2.35. The summed E-state index contributed by atoms with van der Waals surface area (Å²) >= 11 is 0. The van der Waals surface area contributed by atoms with E-state index in [-0.39, 0.29) is 24.4 Å². The van der Waals surface area contributed by atoms with Gasteiger partial charge in [0.2, 0.25) is 0 Å². The number of halogens is 2. The van der Waals surface area contributed by atoms with E-state index >= 15 is 0 Å². The van der Waals surface area contributed by atoms with Crippen molar-refractivity contribution in [2.45, 2.75) is 89.6 Å². The van der Waals surface area contributed by atoms with Gasteiger partial charge >= 0.3 is 11.9 Å². The van der Waals surface area contributed by atoms with E-state index in [1.54, 1.807) is 0 Å². The van der Waals surface area contributed by atoms with Crippen molar-refractivity contribution in [3.8, 4) is 16.9 Å². The number of esters is 2. The van der Waals surface area contributed by atoms with Crippen LogP contribution in [0.15, 0.2) is 61.7 Å². The smallest absolute Gasteiger partial charge is 0.330 e. The second kappa shape index (κ2) is 20.5. The lowest BCUT2D eigenvalue weighted by Crippen LogP contribution is -2.20. The number of benzene rings is 2. The molecule has 0 bridgehead atoms. The summed E-state index contributed by atoms with van der Waals surface area (Å²) in [6.45, 7) is 8.49.